The Morgan fingerprint density at radius 3 is 1.64 bits per heavy atom. The molecule has 44 heavy (non-hydrogen) atoms. The van der Waals surface area contributed by atoms with Gasteiger partial charge in [-0.1, -0.05) is 56.1 Å². The zero-order valence-electron chi connectivity index (χ0n) is 22.5. The van der Waals surface area contributed by atoms with Gasteiger partial charge in [0.05, 0.1) is 44.0 Å². The van der Waals surface area contributed by atoms with E-state index < -0.39 is 49.9 Å². The first-order valence-electron chi connectivity index (χ1n) is 12.4. The average molecular weight is 790 g/mol. The smallest absolute Gasteiger partial charge is 0.391 e. The second-order valence-electron chi connectivity index (χ2n) is 8.97. The molecule has 4 aromatic rings. The van der Waals surface area contributed by atoms with Crippen molar-refractivity contribution in [3.05, 3.63) is 68.2 Å². The highest BCUT2D eigenvalue weighted by molar-refractivity contribution is 9.10. The van der Waals surface area contributed by atoms with Gasteiger partial charge in [0.15, 0.2) is 10.3 Å². The largest absolute Gasteiger partial charge is 0.467 e. The highest BCUT2D eigenvalue weighted by Crippen LogP contribution is 2.30. The van der Waals surface area contributed by atoms with Gasteiger partial charge in [0, 0.05) is 30.8 Å². The van der Waals surface area contributed by atoms with Crippen LogP contribution in [-0.2, 0) is 9.53 Å². The predicted molar refractivity (Wildman–Crippen MR) is 166 cm³/mol. The number of hydrogen-bond donors (Lipinski definition) is 3. The zero-order valence-corrected chi connectivity index (χ0v) is 27.4. The molecule has 0 radical (unpaired) electrons. The summed E-state index contributed by atoms with van der Waals surface area (Å²) in [5.41, 5.74) is 2.99. The molecule has 2 unspecified atom stereocenters. The SMILES string of the molecule is COC(=O)C(CC(F)(F)F)Nc1nc(-c2ccc(Br)cc2)cs1.OCC(CC(F)(F)F)Nc1nc(-c2ccc(Br)cc2)cs1. The number of benzene rings is 2. The van der Waals surface area contributed by atoms with Crippen LogP contribution in [0.1, 0.15) is 12.8 Å². The molecule has 17 heteroatoms. The van der Waals surface area contributed by atoms with Crippen LogP contribution < -0.4 is 10.6 Å². The average Bonchev–Trinajstić information content (AvgIpc) is 3.61. The number of aliphatic hydroxyl groups excluding tert-OH is 1. The third-order valence-electron chi connectivity index (χ3n) is 5.53. The minimum Gasteiger partial charge on any atom is -0.467 e. The normalized spacial score (nSPS) is 13.0. The molecule has 2 aromatic heterocycles. The number of thiazole rings is 2. The third kappa shape index (κ3) is 12.0. The number of anilines is 2. The van der Waals surface area contributed by atoms with E-state index in [-0.39, 0.29) is 5.13 Å². The summed E-state index contributed by atoms with van der Waals surface area (Å²) >= 11 is 8.98. The van der Waals surface area contributed by atoms with E-state index in [4.69, 9.17) is 5.11 Å². The molecule has 7 nitrogen and oxygen atoms in total. The lowest BCUT2D eigenvalue weighted by atomic mass is 10.2. The molecule has 3 N–H and O–H groups in total. The maximum atomic E-state index is 12.5. The monoisotopic (exact) mass is 788 g/mol. The van der Waals surface area contributed by atoms with E-state index in [1.54, 1.807) is 10.8 Å². The Morgan fingerprint density at radius 1 is 0.818 bits per heavy atom. The molecule has 0 aliphatic carbocycles. The van der Waals surface area contributed by atoms with Crippen LogP contribution in [0.4, 0.5) is 36.6 Å². The molecular weight excluding hydrogens is 766 g/mol. The Hall–Kier alpha value is -2.73. The lowest BCUT2D eigenvalue weighted by Gasteiger charge is -2.17. The second kappa shape index (κ2) is 16.0. The summed E-state index contributed by atoms with van der Waals surface area (Å²) in [4.78, 5) is 20.0. The number of carbonyl (C=O) groups is 1. The van der Waals surface area contributed by atoms with E-state index in [9.17, 15) is 31.1 Å². The molecule has 2 atom stereocenters. The van der Waals surface area contributed by atoms with E-state index in [1.807, 2.05) is 48.5 Å². The first-order chi connectivity index (χ1) is 20.7. The van der Waals surface area contributed by atoms with Gasteiger partial charge in [-0.15, -0.1) is 22.7 Å². The van der Waals surface area contributed by atoms with Crippen LogP contribution in [-0.4, -0.2) is 59.2 Å². The molecule has 2 heterocycles. The molecule has 0 bridgehead atoms. The highest BCUT2D eigenvalue weighted by Gasteiger charge is 2.36. The van der Waals surface area contributed by atoms with Gasteiger partial charge in [-0.2, -0.15) is 26.3 Å². The zero-order chi connectivity index (χ0) is 32.5. The fourth-order valence-electron chi connectivity index (χ4n) is 3.52. The molecule has 0 aliphatic heterocycles. The van der Waals surface area contributed by atoms with Crippen molar-refractivity contribution in [3.8, 4) is 22.5 Å². The molecule has 4 rings (SSSR count). The Kier molecular flexibility index (Phi) is 13.0. The van der Waals surface area contributed by atoms with E-state index in [0.717, 1.165) is 38.5 Å². The molecule has 238 valence electrons. The van der Waals surface area contributed by atoms with Gasteiger partial charge in [0.2, 0.25) is 0 Å². The van der Waals surface area contributed by atoms with E-state index in [0.29, 0.717) is 16.5 Å². The van der Waals surface area contributed by atoms with Gasteiger partial charge in [0.25, 0.3) is 0 Å². The predicted octanol–water partition coefficient (Wildman–Crippen LogP) is 8.78. The topological polar surface area (TPSA) is 96.4 Å². The van der Waals surface area contributed by atoms with Crippen molar-refractivity contribution in [2.24, 2.45) is 0 Å². The molecular formula is C27H24Br2F6N4O3S2. The van der Waals surface area contributed by atoms with Crippen LogP contribution in [0.15, 0.2) is 68.2 Å². The maximum absolute atomic E-state index is 12.5. The molecule has 0 saturated heterocycles. The van der Waals surface area contributed by atoms with Gasteiger partial charge in [-0.25, -0.2) is 14.8 Å². The van der Waals surface area contributed by atoms with Crippen molar-refractivity contribution in [3.63, 3.8) is 0 Å². The number of nitrogens with one attached hydrogen (secondary N) is 2. The number of halogens is 8. The first-order valence-corrected chi connectivity index (χ1v) is 15.8. The van der Waals surface area contributed by atoms with E-state index in [2.05, 4.69) is 57.2 Å². The maximum Gasteiger partial charge on any atom is 0.391 e. The Balaban J connectivity index is 0.000000241. The Labute approximate surface area is 273 Å². The molecule has 0 aliphatic rings. The van der Waals surface area contributed by atoms with Gasteiger partial charge in [-0.3, -0.25) is 0 Å². The lowest BCUT2D eigenvalue weighted by Crippen LogP contribution is -2.35. The first kappa shape index (κ1) is 35.7. The number of aliphatic hydroxyl groups is 1. The second-order valence-corrected chi connectivity index (χ2v) is 12.5. The van der Waals surface area contributed by atoms with Gasteiger partial charge in [-0.05, 0) is 24.3 Å². The van der Waals surface area contributed by atoms with Gasteiger partial charge in [0.1, 0.15) is 6.04 Å². The van der Waals surface area contributed by atoms with Gasteiger partial charge < -0.3 is 20.5 Å². The van der Waals surface area contributed by atoms with E-state index in [1.165, 1.54) is 11.3 Å². The number of ether oxygens (including phenoxy) is 1. The molecule has 2 aromatic carbocycles. The molecule has 0 spiro atoms. The summed E-state index contributed by atoms with van der Waals surface area (Å²) in [6.45, 7) is -0.604. The number of nitrogens with zero attached hydrogens (tertiary/aromatic N) is 2. The molecule has 0 fully saturated rings. The van der Waals surface area contributed by atoms with Crippen molar-refractivity contribution in [2.75, 3.05) is 24.4 Å². The summed E-state index contributed by atoms with van der Waals surface area (Å²) < 4.78 is 80.9. The number of alkyl halides is 6. The van der Waals surface area contributed by atoms with Crippen LogP contribution in [0.3, 0.4) is 0 Å². The van der Waals surface area contributed by atoms with Crippen molar-refractivity contribution in [1.82, 2.24) is 9.97 Å². The summed E-state index contributed by atoms with van der Waals surface area (Å²) in [5.74, 6) is -0.984. The third-order valence-corrected chi connectivity index (χ3v) is 8.14. The van der Waals surface area contributed by atoms with Crippen molar-refractivity contribution in [2.45, 2.75) is 37.3 Å². The fraction of sp³-hybridized carbons (Fsp3) is 0.296. The Bertz CT molecular complexity index is 1480. The summed E-state index contributed by atoms with van der Waals surface area (Å²) in [6.07, 6.45) is -11.2. The van der Waals surface area contributed by atoms with E-state index >= 15 is 0 Å². The highest BCUT2D eigenvalue weighted by atomic mass is 79.9. The summed E-state index contributed by atoms with van der Waals surface area (Å²) in [7, 11) is 1.04. The number of aromatic nitrogens is 2. The van der Waals surface area contributed by atoms with Crippen molar-refractivity contribution in [1.29, 1.82) is 0 Å². The van der Waals surface area contributed by atoms with Crippen molar-refractivity contribution < 1.29 is 41.0 Å². The molecule has 0 saturated carbocycles. The number of methoxy groups -OCH3 is 1. The van der Waals surface area contributed by atoms with Crippen LogP contribution in [0.25, 0.3) is 22.5 Å². The number of esters is 1. The lowest BCUT2D eigenvalue weighted by molar-refractivity contribution is -0.157. The van der Waals surface area contributed by atoms with Crippen LogP contribution in [0.2, 0.25) is 0 Å². The van der Waals surface area contributed by atoms with Gasteiger partial charge >= 0.3 is 18.3 Å². The minimum atomic E-state index is -4.49. The standard InChI is InChI=1S/C14H12BrF3N2O2S.C13H12BrF3N2OS/c1-22-12(21)10(6-14(16,17)18)19-13-20-11(7-23-13)8-2-4-9(15)5-3-8;14-9-3-1-8(2-4-9)11-7-21-12(19-11)18-10(6-20)5-13(15,16)17/h2-5,7,10H,6H2,1H3,(H,19,20);1-4,7,10,20H,5-6H2,(H,18,19). The van der Waals surface area contributed by atoms with Crippen LogP contribution in [0.5, 0.6) is 0 Å². The number of hydrogen-bond acceptors (Lipinski definition) is 9. The van der Waals surface area contributed by atoms with Crippen LogP contribution in [0, 0.1) is 0 Å². The fourth-order valence-corrected chi connectivity index (χ4v) is 5.62. The molecule has 0 amide bonds. The summed E-state index contributed by atoms with van der Waals surface area (Å²) in [6, 6.07) is 12.2. The minimum absolute atomic E-state index is 0.225. The Morgan fingerprint density at radius 2 is 1.25 bits per heavy atom. The number of rotatable bonds is 10. The number of carbonyl (C=O) groups excluding carboxylic acids is 1. The van der Waals surface area contributed by atoms with Crippen LogP contribution >= 0.6 is 54.5 Å². The quantitative estimate of drug-likeness (QED) is 0.109. The van der Waals surface area contributed by atoms with Crippen molar-refractivity contribution >= 4 is 70.8 Å². The summed E-state index contributed by atoms with van der Waals surface area (Å²) in [5, 5.41) is 18.2.